The van der Waals surface area contributed by atoms with Gasteiger partial charge in [-0.2, -0.15) is 0 Å². The normalized spacial score (nSPS) is 11.8. The number of para-hydroxylation sites is 2. The molecule has 7 nitrogen and oxygen atoms in total. The highest BCUT2D eigenvalue weighted by molar-refractivity contribution is 7.26. The Kier molecular flexibility index (Phi) is 20.7. The van der Waals surface area contributed by atoms with Crippen LogP contribution in [-0.4, -0.2) is 0 Å². The average molecular weight is 1880 g/mol. The van der Waals surface area contributed by atoms with Gasteiger partial charge in [0.1, 0.15) is 39.4 Å². The van der Waals surface area contributed by atoms with Gasteiger partial charge in [0, 0.05) is 132 Å². The lowest BCUT2D eigenvalue weighted by Gasteiger charge is -2.27. The number of ether oxygens (including phenoxy) is 1. The Bertz CT molecular complexity index is 10200. The second-order valence-electron chi connectivity index (χ2n) is 37.6. The lowest BCUT2D eigenvalue weighted by Crippen LogP contribution is -2.10. The number of hydrogen-bond donors (Lipinski definition) is 0. The second kappa shape index (κ2) is 35.6. The van der Waals surface area contributed by atoms with Crippen molar-refractivity contribution in [1.82, 2.24) is 0 Å². The molecule has 0 N–H and O–H groups in total. The minimum absolute atomic E-state index is 0.864. The van der Waals surface area contributed by atoms with Gasteiger partial charge < -0.3 is 32.7 Å². The van der Waals surface area contributed by atoms with Crippen molar-refractivity contribution in [1.29, 1.82) is 0 Å². The first-order chi connectivity index (χ1) is 72.4. The zero-order valence-corrected chi connectivity index (χ0v) is 79.9. The highest BCUT2D eigenvalue weighted by Crippen LogP contribution is 2.53. The first kappa shape index (κ1) is 84.9. The highest BCUT2D eigenvalue weighted by Gasteiger charge is 2.28. The zero-order chi connectivity index (χ0) is 96.2. The summed E-state index contributed by atoms with van der Waals surface area (Å²) in [5.74, 6) is 1.78. The number of fused-ring (bicyclic) bond motifs is 23. The van der Waals surface area contributed by atoms with Crippen LogP contribution in [0.3, 0.4) is 0 Å². The van der Waals surface area contributed by atoms with Crippen LogP contribution in [0.5, 0.6) is 11.5 Å². The van der Waals surface area contributed by atoms with Crippen molar-refractivity contribution < 1.29 is 18.0 Å². The largest absolute Gasteiger partial charge is 0.456 e. The average Bonchev–Trinajstić information content (AvgIpc) is 1.59. The molecule has 5 heterocycles. The molecule has 0 spiro atoms. The number of anilines is 9. The summed E-state index contributed by atoms with van der Waals surface area (Å²) < 4.78 is 29.1. The Morgan fingerprint density at radius 2 is 0.568 bits per heavy atom. The molecule has 30 rings (SSSR count). The summed E-state index contributed by atoms with van der Waals surface area (Å²) in [5.41, 5.74) is 29.1. The van der Waals surface area contributed by atoms with Crippen molar-refractivity contribution in [3.8, 4) is 78.3 Å². The quantitative estimate of drug-likeness (QED) is 0.108. The molecular formula is C138H87N3O4S. The summed E-state index contributed by atoms with van der Waals surface area (Å²) in [4.78, 5) is 7.01. The molecule has 0 radical (unpaired) electrons. The fraction of sp³-hybridized carbons (Fsp3) is 0. The second-order valence-corrected chi connectivity index (χ2v) is 38.6. The van der Waals surface area contributed by atoms with Gasteiger partial charge in [-0.05, 0) is 232 Å². The summed E-state index contributed by atoms with van der Waals surface area (Å²) in [6, 6.07) is 188. The molecule has 4 aromatic heterocycles. The third kappa shape index (κ3) is 14.9. The minimum Gasteiger partial charge on any atom is -0.456 e. The van der Waals surface area contributed by atoms with Crippen LogP contribution in [0.1, 0.15) is 0 Å². The van der Waals surface area contributed by atoms with E-state index in [1.807, 2.05) is 17.4 Å². The molecular weight excluding hydrogens is 1800 g/mol. The van der Waals surface area contributed by atoms with E-state index in [1.165, 1.54) is 124 Å². The lowest BCUT2D eigenvalue weighted by molar-refractivity contribution is 0.487. The van der Waals surface area contributed by atoms with Gasteiger partial charge in [0.25, 0.3) is 0 Å². The lowest BCUT2D eigenvalue weighted by atomic mass is 9.93. The van der Waals surface area contributed by atoms with Crippen LogP contribution in [0.25, 0.3) is 217 Å². The molecule has 0 bridgehead atoms. The summed E-state index contributed by atoms with van der Waals surface area (Å²) in [6.07, 6.45) is 0. The van der Waals surface area contributed by atoms with Crippen LogP contribution >= 0.6 is 11.3 Å². The maximum Gasteiger partial charge on any atom is 0.159 e. The predicted molar refractivity (Wildman–Crippen MR) is 616 cm³/mol. The van der Waals surface area contributed by atoms with E-state index in [2.05, 4.69) is 536 Å². The van der Waals surface area contributed by atoms with Gasteiger partial charge in [-0.25, -0.2) is 0 Å². The SMILES string of the molecule is c1ccc(-c2ccc(N(c3ccc(-c4ccc5c(c4)Oc4cccc6cccc-5c46)cc3)c3ccc4c(c3)oc3c5ccccc5ccc43)cc2)cc1.c1ccc(-c2ccc(N(c3ccc(-c4cccc5ccccc45)cc3)c3cccc4c3oc3c5ccccc5ccc43)cc2)cc1.c1ccc(-c2ccc(N(c3ccc4c(c3)sc3c5ccccc5ccc43)c3cc4oc5ccccc5c4c4ccccc34)cc2)cc1. The Balaban J connectivity index is 0.000000106. The van der Waals surface area contributed by atoms with Crippen molar-refractivity contribution in [3.05, 3.63) is 528 Å². The smallest absolute Gasteiger partial charge is 0.159 e. The number of benzene rings is 25. The van der Waals surface area contributed by atoms with Gasteiger partial charge in [0.05, 0.1) is 11.4 Å². The molecule has 1 aliphatic rings. The van der Waals surface area contributed by atoms with Crippen LogP contribution in [0.15, 0.2) is 541 Å². The monoisotopic (exact) mass is 1880 g/mol. The van der Waals surface area contributed by atoms with Crippen LogP contribution in [0, 0.1) is 0 Å². The van der Waals surface area contributed by atoms with Gasteiger partial charge in [0.2, 0.25) is 0 Å². The first-order valence-electron chi connectivity index (χ1n) is 49.6. The van der Waals surface area contributed by atoms with E-state index in [0.717, 1.165) is 156 Å². The van der Waals surface area contributed by atoms with Crippen molar-refractivity contribution >= 4 is 213 Å². The van der Waals surface area contributed by atoms with Gasteiger partial charge >= 0.3 is 0 Å². The summed E-state index contributed by atoms with van der Waals surface area (Å²) >= 11 is 1.88. The molecule has 146 heavy (non-hydrogen) atoms. The molecule has 0 amide bonds. The molecule has 0 saturated heterocycles. The van der Waals surface area contributed by atoms with Gasteiger partial charge in [-0.3, -0.25) is 0 Å². The molecule has 684 valence electrons. The van der Waals surface area contributed by atoms with Crippen LogP contribution in [0.4, 0.5) is 51.2 Å². The molecule has 0 saturated carbocycles. The molecule has 8 heteroatoms. The summed E-state index contributed by atoms with van der Waals surface area (Å²) in [6.45, 7) is 0. The maximum absolute atomic E-state index is 6.81. The van der Waals surface area contributed by atoms with Crippen LogP contribution < -0.4 is 19.4 Å². The third-order valence-electron chi connectivity index (χ3n) is 29.2. The topological polar surface area (TPSA) is 58.4 Å². The van der Waals surface area contributed by atoms with E-state index in [-0.39, 0.29) is 0 Å². The van der Waals surface area contributed by atoms with Gasteiger partial charge in [0.15, 0.2) is 5.58 Å². The number of nitrogens with zero attached hydrogens (tertiary/aromatic N) is 3. The Hall–Kier alpha value is -19.1. The molecule has 0 fully saturated rings. The number of furan rings is 3. The zero-order valence-electron chi connectivity index (χ0n) is 79.1. The maximum atomic E-state index is 6.81. The van der Waals surface area contributed by atoms with Crippen molar-refractivity contribution in [3.63, 3.8) is 0 Å². The van der Waals surface area contributed by atoms with E-state index in [1.54, 1.807) is 0 Å². The predicted octanol–water partition coefficient (Wildman–Crippen LogP) is 40.6. The van der Waals surface area contributed by atoms with E-state index in [4.69, 9.17) is 18.0 Å². The minimum atomic E-state index is 0.864. The van der Waals surface area contributed by atoms with Crippen molar-refractivity contribution in [2.45, 2.75) is 0 Å². The van der Waals surface area contributed by atoms with E-state index >= 15 is 0 Å². The number of thiophene rings is 1. The molecule has 1 aliphatic heterocycles. The molecule has 29 aromatic rings. The van der Waals surface area contributed by atoms with Crippen LogP contribution in [-0.2, 0) is 0 Å². The Morgan fingerprint density at radius 1 is 0.164 bits per heavy atom. The number of rotatable bonds is 14. The fourth-order valence-electron chi connectivity index (χ4n) is 22.1. The molecule has 25 aromatic carbocycles. The number of hydrogen-bond acceptors (Lipinski definition) is 8. The van der Waals surface area contributed by atoms with Crippen molar-refractivity contribution in [2.24, 2.45) is 0 Å². The van der Waals surface area contributed by atoms with E-state index in [9.17, 15) is 0 Å². The van der Waals surface area contributed by atoms with E-state index in [0.29, 0.717) is 0 Å². The summed E-state index contributed by atoms with van der Waals surface area (Å²) in [5, 5.41) is 23.8. The van der Waals surface area contributed by atoms with E-state index < -0.39 is 0 Å². The Labute approximate surface area is 845 Å². The Morgan fingerprint density at radius 3 is 1.18 bits per heavy atom. The third-order valence-corrected chi connectivity index (χ3v) is 30.4. The summed E-state index contributed by atoms with van der Waals surface area (Å²) in [7, 11) is 0. The standard InChI is InChI=1S/C50H31NO2.C44H27NOS.C44H29NO/c1-2-8-32(9-3-1)33-16-22-38(23-17-33)51(40-26-29-43-45-28-20-35-10-4-5-13-41(35)50(45)53-48(43)31-40)39-24-18-34(19-25-39)37-21-27-42-44-14-6-11-36-12-7-15-46(49(36)44)52-47(42)30-37;1-2-10-28(11-3-1)29-18-21-31(22-19-29)45(32-23-25-35-37-24-20-30-12-4-5-13-33(30)44(37)47-42(35)26-32)39-27-41-43(36-15-7-6-14-34(36)39)38-16-8-9-17-40(38)46-41;1-2-10-30(11-3-1)31-20-25-35(26-21-31)45(36-27-22-34(23-28-36)38-17-8-14-32-12-4-6-15-37(32)38)42-19-9-18-40-41-29-24-33-13-5-7-16-39(33)43(41)46-44(40)42/h1-31H;1-27H;1-29H. The van der Waals surface area contributed by atoms with Crippen LogP contribution in [0.2, 0.25) is 0 Å². The first-order valence-corrected chi connectivity index (χ1v) is 50.4. The molecule has 0 atom stereocenters. The molecule has 0 unspecified atom stereocenters. The fourth-order valence-corrected chi connectivity index (χ4v) is 23.4. The molecule has 0 aliphatic carbocycles. The van der Waals surface area contributed by atoms with Gasteiger partial charge in [-0.15, -0.1) is 11.3 Å². The van der Waals surface area contributed by atoms with Gasteiger partial charge in [-0.1, -0.05) is 388 Å². The highest BCUT2D eigenvalue weighted by atomic mass is 32.1. The van der Waals surface area contributed by atoms with Crippen molar-refractivity contribution in [2.75, 3.05) is 14.7 Å².